The minimum absolute atomic E-state index is 0.0458. The second-order valence-electron chi connectivity index (χ2n) is 7.42. The first kappa shape index (κ1) is 21.7. The smallest absolute Gasteiger partial charge is 0.340 e. The molecular formula is C20H21F3N8O. The first-order chi connectivity index (χ1) is 15.2. The number of amides is 1. The molecular weight excluding hydrogens is 425 g/mol. The van der Waals surface area contributed by atoms with Crippen molar-refractivity contribution in [2.24, 2.45) is 5.73 Å². The fraction of sp³-hybridized carbons (Fsp3) is 0.350. The number of alkyl halides is 3. The highest BCUT2D eigenvalue weighted by molar-refractivity contribution is 5.77. The molecule has 0 atom stereocenters. The SMILES string of the molecule is CN(Cc1cccc(-c2cnc(N3CCn4nc(C(F)(F)F)nc4C3)nc2)c1)C(=O)CN. The van der Waals surface area contributed by atoms with Crippen molar-refractivity contribution < 1.29 is 18.0 Å². The van der Waals surface area contributed by atoms with E-state index >= 15 is 0 Å². The number of likely N-dealkylation sites (N-methyl/N-ethyl adjacent to an activating group) is 1. The summed E-state index contributed by atoms with van der Waals surface area (Å²) in [4.78, 5) is 27.4. The third-order valence-electron chi connectivity index (χ3n) is 5.12. The van der Waals surface area contributed by atoms with Gasteiger partial charge in [-0.2, -0.15) is 13.2 Å². The Morgan fingerprint density at radius 1 is 1.19 bits per heavy atom. The van der Waals surface area contributed by atoms with Crippen molar-refractivity contribution in [1.82, 2.24) is 29.6 Å². The number of nitrogens with two attached hydrogens (primary N) is 1. The lowest BCUT2D eigenvalue weighted by Gasteiger charge is -2.26. The van der Waals surface area contributed by atoms with Crippen molar-refractivity contribution >= 4 is 11.9 Å². The Labute approximate surface area is 181 Å². The van der Waals surface area contributed by atoms with Crippen LogP contribution in [0.4, 0.5) is 19.1 Å². The number of benzene rings is 1. The van der Waals surface area contributed by atoms with E-state index in [1.165, 1.54) is 4.68 Å². The number of rotatable bonds is 5. The lowest BCUT2D eigenvalue weighted by atomic mass is 10.1. The van der Waals surface area contributed by atoms with Gasteiger partial charge < -0.3 is 15.5 Å². The van der Waals surface area contributed by atoms with E-state index < -0.39 is 12.0 Å². The highest BCUT2D eigenvalue weighted by Gasteiger charge is 2.38. The Morgan fingerprint density at radius 3 is 2.62 bits per heavy atom. The maximum Gasteiger partial charge on any atom is 0.453 e. The van der Waals surface area contributed by atoms with Crippen molar-refractivity contribution in [2.75, 3.05) is 25.0 Å². The second kappa shape index (κ2) is 8.54. The predicted octanol–water partition coefficient (Wildman–Crippen LogP) is 1.69. The van der Waals surface area contributed by atoms with Crippen LogP contribution in [0.2, 0.25) is 0 Å². The summed E-state index contributed by atoms with van der Waals surface area (Å²) < 4.78 is 39.8. The van der Waals surface area contributed by atoms with Crippen molar-refractivity contribution in [2.45, 2.75) is 25.8 Å². The van der Waals surface area contributed by atoms with E-state index in [0.717, 1.165) is 16.7 Å². The van der Waals surface area contributed by atoms with Gasteiger partial charge in [0.2, 0.25) is 11.9 Å². The summed E-state index contributed by atoms with van der Waals surface area (Å²) in [5.41, 5.74) is 8.00. The number of carbonyl (C=O) groups is 1. The zero-order valence-electron chi connectivity index (χ0n) is 17.2. The molecule has 1 aromatic carbocycles. The van der Waals surface area contributed by atoms with Crippen LogP contribution in [0.1, 0.15) is 17.2 Å². The van der Waals surface area contributed by atoms with Gasteiger partial charge in [0, 0.05) is 38.1 Å². The monoisotopic (exact) mass is 446 g/mol. The highest BCUT2D eigenvalue weighted by Crippen LogP contribution is 2.28. The largest absolute Gasteiger partial charge is 0.453 e. The van der Waals surface area contributed by atoms with Crippen molar-refractivity contribution in [3.05, 3.63) is 53.9 Å². The van der Waals surface area contributed by atoms with Crippen LogP contribution in [0.15, 0.2) is 36.7 Å². The van der Waals surface area contributed by atoms with E-state index in [4.69, 9.17) is 5.73 Å². The first-order valence-corrected chi connectivity index (χ1v) is 9.86. The Morgan fingerprint density at radius 2 is 1.94 bits per heavy atom. The summed E-state index contributed by atoms with van der Waals surface area (Å²) in [5.74, 6) is -0.659. The van der Waals surface area contributed by atoms with Gasteiger partial charge in [-0.1, -0.05) is 18.2 Å². The van der Waals surface area contributed by atoms with E-state index in [-0.39, 0.29) is 31.4 Å². The Kier molecular flexibility index (Phi) is 5.78. The number of hydrogen-bond donors (Lipinski definition) is 1. The fourth-order valence-corrected chi connectivity index (χ4v) is 3.43. The molecule has 3 heterocycles. The molecule has 0 aliphatic carbocycles. The summed E-state index contributed by atoms with van der Waals surface area (Å²) >= 11 is 0. The molecule has 1 amide bonds. The van der Waals surface area contributed by atoms with Gasteiger partial charge in [-0.15, -0.1) is 5.10 Å². The molecule has 168 valence electrons. The molecule has 0 spiro atoms. The van der Waals surface area contributed by atoms with Gasteiger partial charge in [0.1, 0.15) is 5.82 Å². The van der Waals surface area contributed by atoms with Gasteiger partial charge in [0.05, 0.1) is 19.6 Å². The number of hydrogen-bond acceptors (Lipinski definition) is 7. The number of fused-ring (bicyclic) bond motifs is 1. The van der Waals surface area contributed by atoms with E-state index in [0.29, 0.717) is 19.0 Å². The number of aromatic nitrogens is 5. The standard InChI is InChI=1S/C20H21F3N8O/c1-29(17(32)8-24)11-13-3-2-4-14(7-13)15-9-25-19(26-10-15)30-5-6-31-16(12-30)27-18(28-31)20(21,22)23/h2-4,7,9-10H,5-6,8,11-12,24H2,1H3. The van der Waals surface area contributed by atoms with E-state index in [1.54, 1.807) is 29.2 Å². The minimum Gasteiger partial charge on any atom is -0.340 e. The second-order valence-corrected chi connectivity index (χ2v) is 7.42. The van der Waals surface area contributed by atoms with Gasteiger partial charge in [0.25, 0.3) is 5.82 Å². The molecule has 0 saturated carbocycles. The molecule has 0 saturated heterocycles. The lowest BCUT2D eigenvalue weighted by Crippen LogP contribution is -2.35. The van der Waals surface area contributed by atoms with Crippen molar-refractivity contribution in [1.29, 1.82) is 0 Å². The molecule has 3 aromatic rings. The van der Waals surface area contributed by atoms with Crippen LogP contribution in [0.3, 0.4) is 0 Å². The van der Waals surface area contributed by atoms with Gasteiger partial charge in [-0.3, -0.25) is 4.79 Å². The van der Waals surface area contributed by atoms with Crippen LogP contribution < -0.4 is 10.6 Å². The number of anilines is 1. The van der Waals surface area contributed by atoms with Crippen molar-refractivity contribution in [3.63, 3.8) is 0 Å². The van der Waals surface area contributed by atoms with Gasteiger partial charge in [0.15, 0.2) is 0 Å². The summed E-state index contributed by atoms with van der Waals surface area (Å²) in [6.07, 6.45) is -1.25. The van der Waals surface area contributed by atoms with Gasteiger partial charge in [-0.05, 0) is 17.2 Å². The quantitative estimate of drug-likeness (QED) is 0.636. The Hall–Kier alpha value is -3.54. The molecule has 12 heteroatoms. The molecule has 9 nitrogen and oxygen atoms in total. The Bertz CT molecular complexity index is 1110. The van der Waals surface area contributed by atoms with Crippen LogP contribution in [-0.4, -0.2) is 55.7 Å². The zero-order valence-corrected chi connectivity index (χ0v) is 17.2. The van der Waals surface area contributed by atoms with Gasteiger partial charge >= 0.3 is 6.18 Å². The highest BCUT2D eigenvalue weighted by atomic mass is 19.4. The van der Waals surface area contributed by atoms with Crippen LogP contribution in [0.25, 0.3) is 11.1 Å². The predicted molar refractivity (Wildman–Crippen MR) is 109 cm³/mol. The van der Waals surface area contributed by atoms with Crippen LogP contribution in [-0.2, 0) is 30.6 Å². The maximum absolute atomic E-state index is 12.9. The van der Waals surface area contributed by atoms with E-state index in [1.807, 2.05) is 24.3 Å². The number of halogens is 3. The van der Waals surface area contributed by atoms with Crippen LogP contribution >= 0.6 is 0 Å². The number of nitrogens with zero attached hydrogens (tertiary/aromatic N) is 7. The molecule has 1 aliphatic rings. The normalized spacial score (nSPS) is 13.7. The van der Waals surface area contributed by atoms with Crippen LogP contribution in [0.5, 0.6) is 0 Å². The molecule has 0 radical (unpaired) electrons. The molecule has 2 N–H and O–H groups in total. The molecule has 0 bridgehead atoms. The third-order valence-corrected chi connectivity index (χ3v) is 5.12. The molecule has 0 unspecified atom stereocenters. The molecule has 0 fully saturated rings. The van der Waals surface area contributed by atoms with Crippen molar-refractivity contribution in [3.8, 4) is 11.1 Å². The summed E-state index contributed by atoms with van der Waals surface area (Å²) in [6, 6.07) is 7.66. The topological polar surface area (TPSA) is 106 Å². The molecule has 1 aliphatic heterocycles. The fourth-order valence-electron chi connectivity index (χ4n) is 3.43. The molecule has 2 aromatic heterocycles. The summed E-state index contributed by atoms with van der Waals surface area (Å²) in [5, 5.41) is 3.53. The zero-order chi connectivity index (χ0) is 22.9. The third kappa shape index (κ3) is 4.54. The van der Waals surface area contributed by atoms with Gasteiger partial charge in [-0.25, -0.2) is 19.6 Å². The lowest BCUT2D eigenvalue weighted by molar-refractivity contribution is -0.145. The summed E-state index contributed by atoms with van der Waals surface area (Å²) in [7, 11) is 1.69. The summed E-state index contributed by atoms with van der Waals surface area (Å²) in [6.45, 7) is 1.21. The molecule has 4 rings (SSSR count). The minimum atomic E-state index is -4.58. The number of carbonyl (C=O) groups excluding carboxylic acids is 1. The van der Waals surface area contributed by atoms with E-state index in [2.05, 4.69) is 20.1 Å². The average Bonchev–Trinajstić information content (AvgIpc) is 3.23. The van der Waals surface area contributed by atoms with Crippen LogP contribution in [0, 0.1) is 0 Å². The first-order valence-electron chi connectivity index (χ1n) is 9.86. The maximum atomic E-state index is 12.9. The molecule has 32 heavy (non-hydrogen) atoms. The average molecular weight is 446 g/mol. The Balaban J connectivity index is 1.48. The van der Waals surface area contributed by atoms with E-state index in [9.17, 15) is 18.0 Å².